The highest BCUT2D eigenvalue weighted by Gasteiger charge is 2.03. The molecule has 1 radical (unpaired) electrons. The SMILES string of the molecule is C=C(Cc1cc[c]cc1)C(=O)O. The van der Waals surface area contributed by atoms with E-state index in [1.165, 1.54) is 0 Å². The predicted molar refractivity (Wildman–Crippen MR) is 45.8 cm³/mol. The predicted octanol–water partition coefficient (Wildman–Crippen LogP) is 1.67. The maximum Gasteiger partial charge on any atom is 0.331 e. The van der Waals surface area contributed by atoms with Gasteiger partial charge in [-0.05, 0) is 11.6 Å². The third kappa shape index (κ3) is 2.23. The Hall–Kier alpha value is -1.57. The second-order valence-corrected chi connectivity index (χ2v) is 2.49. The van der Waals surface area contributed by atoms with Gasteiger partial charge in [0.2, 0.25) is 0 Å². The summed E-state index contributed by atoms with van der Waals surface area (Å²) in [4.78, 5) is 10.4. The van der Waals surface area contributed by atoms with Crippen LogP contribution in [0.3, 0.4) is 0 Å². The Morgan fingerprint density at radius 1 is 1.50 bits per heavy atom. The van der Waals surface area contributed by atoms with Gasteiger partial charge in [0, 0.05) is 12.0 Å². The topological polar surface area (TPSA) is 37.3 Å². The second-order valence-electron chi connectivity index (χ2n) is 2.49. The quantitative estimate of drug-likeness (QED) is 0.684. The van der Waals surface area contributed by atoms with Crippen LogP contribution in [0.15, 0.2) is 36.4 Å². The zero-order valence-electron chi connectivity index (χ0n) is 6.58. The number of carboxylic acids is 1. The molecule has 1 aromatic rings. The van der Waals surface area contributed by atoms with Gasteiger partial charge in [-0.1, -0.05) is 30.8 Å². The van der Waals surface area contributed by atoms with Crippen LogP contribution < -0.4 is 0 Å². The molecule has 0 heterocycles. The smallest absolute Gasteiger partial charge is 0.331 e. The van der Waals surface area contributed by atoms with Crippen LogP contribution in [-0.4, -0.2) is 11.1 Å². The van der Waals surface area contributed by atoms with Gasteiger partial charge in [0.15, 0.2) is 0 Å². The molecule has 61 valence electrons. The molecule has 0 aliphatic heterocycles. The van der Waals surface area contributed by atoms with Crippen molar-refractivity contribution >= 4 is 5.97 Å². The normalized spacial score (nSPS) is 9.33. The lowest BCUT2D eigenvalue weighted by Crippen LogP contribution is -2.01. The first-order valence-electron chi connectivity index (χ1n) is 3.56. The van der Waals surface area contributed by atoms with E-state index >= 15 is 0 Å². The lowest BCUT2D eigenvalue weighted by atomic mass is 10.1. The molecule has 0 aliphatic carbocycles. The van der Waals surface area contributed by atoms with Crippen molar-refractivity contribution in [2.45, 2.75) is 6.42 Å². The van der Waals surface area contributed by atoms with Crippen molar-refractivity contribution in [2.24, 2.45) is 0 Å². The van der Waals surface area contributed by atoms with E-state index in [1.54, 1.807) is 12.1 Å². The molecule has 12 heavy (non-hydrogen) atoms. The Morgan fingerprint density at radius 2 is 2.08 bits per heavy atom. The van der Waals surface area contributed by atoms with Gasteiger partial charge in [-0.3, -0.25) is 0 Å². The van der Waals surface area contributed by atoms with Crippen molar-refractivity contribution in [2.75, 3.05) is 0 Å². The highest BCUT2D eigenvalue weighted by Crippen LogP contribution is 2.05. The molecule has 2 heteroatoms. The van der Waals surface area contributed by atoms with Crippen LogP contribution in [0, 0.1) is 6.07 Å². The number of benzene rings is 1. The fraction of sp³-hybridized carbons (Fsp3) is 0.100. The van der Waals surface area contributed by atoms with Crippen LogP contribution in [0.5, 0.6) is 0 Å². The van der Waals surface area contributed by atoms with E-state index in [-0.39, 0.29) is 5.57 Å². The third-order valence-electron chi connectivity index (χ3n) is 1.51. The molecule has 0 unspecified atom stereocenters. The first-order valence-corrected chi connectivity index (χ1v) is 3.56. The first-order chi connectivity index (χ1) is 5.70. The van der Waals surface area contributed by atoms with Gasteiger partial charge in [0.25, 0.3) is 0 Å². The zero-order valence-corrected chi connectivity index (χ0v) is 6.58. The molecular formula is C10H9O2. The zero-order chi connectivity index (χ0) is 8.97. The Balaban J connectivity index is 2.65. The molecular weight excluding hydrogens is 152 g/mol. The Morgan fingerprint density at radius 3 is 2.58 bits per heavy atom. The van der Waals surface area contributed by atoms with Gasteiger partial charge in [0.05, 0.1) is 0 Å². The minimum atomic E-state index is -0.942. The fourth-order valence-electron chi connectivity index (χ4n) is 0.861. The van der Waals surface area contributed by atoms with Crippen molar-refractivity contribution in [3.8, 4) is 0 Å². The largest absolute Gasteiger partial charge is 0.478 e. The summed E-state index contributed by atoms with van der Waals surface area (Å²) in [6, 6.07) is 10.0. The molecule has 0 aromatic heterocycles. The number of carbonyl (C=O) groups is 1. The summed E-state index contributed by atoms with van der Waals surface area (Å²) in [6.45, 7) is 3.44. The number of rotatable bonds is 3. The lowest BCUT2D eigenvalue weighted by molar-refractivity contribution is -0.132. The summed E-state index contributed by atoms with van der Waals surface area (Å²) >= 11 is 0. The highest BCUT2D eigenvalue weighted by atomic mass is 16.4. The molecule has 0 fully saturated rings. The summed E-state index contributed by atoms with van der Waals surface area (Å²) in [5.74, 6) is -0.942. The van der Waals surface area contributed by atoms with Crippen LogP contribution in [-0.2, 0) is 11.2 Å². The number of aliphatic carboxylic acids is 1. The fourth-order valence-corrected chi connectivity index (χ4v) is 0.861. The van der Waals surface area contributed by atoms with Crippen molar-refractivity contribution in [3.05, 3.63) is 48.0 Å². The molecule has 0 saturated heterocycles. The monoisotopic (exact) mass is 161 g/mol. The first kappa shape index (κ1) is 8.53. The van der Waals surface area contributed by atoms with Crippen molar-refractivity contribution in [1.29, 1.82) is 0 Å². The molecule has 1 aromatic carbocycles. The van der Waals surface area contributed by atoms with Gasteiger partial charge in [-0.15, -0.1) is 0 Å². The van der Waals surface area contributed by atoms with E-state index in [0.717, 1.165) is 5.56 Å². The van der Waals surface area contributed by atoms with E-state index in [1.807, 2.05) is 12.1 Å². The van der Waals surface area contributed by atoms with Gasteiger partial charge >= 0.3 is 5.97 Å². The highest BCUT2D eigenvalue weighted by molar-refractivity contribution is 5.86. The summed E-state index contributed by atoms with van der Waals surface area (Å²) in [5.41, 5.74) is 1.15. The van der Waals surface area contributed by atoms with Crippen LogP contribution >= 0.6 is 0 Å². The lowest BCUT2D eigenvalue weighted by Gasteiger charge is -1.98. The number of carboxylic acid groups (broad SMARTS) is 1. The molecule has 0 bridgehead atoms. The molecule has 0 atom stereocenters. The molecule has 0 amide bonds. The molecule has 0 aliphatic rings. The second kappa shape index (κ2) is 3.72. The van der Waals surface area contributed by atoms with E-state index in [0.29, 0.717) is 6.42 Å². The summed E-state index contributed by atoms with van der Waals surface area (Å²) < 4.78 is 0. The molecule has 1 rings (SSSR count). The van der Waals surface area contributed by atoms with Crippen molar-refractivity contribution < 1.29 is 9.90 Å². The average Bonchev–Trinajstić information content (AvgIpc) is 2.06. The van der Waals surface area contributed by atoms with Crippen LogP contribution in [0.1, 0.15) is 5.56 Å². The van der Waals surface area contributed by atoms with Crippen LogP contribution in [0.4, 0.5) is 0 Å². The maximum absolute atomic E-state index is 10.4. The average molecular weight is 161 g/mol. The van der Waals surface area contributed by atoms with E-state index in [9.17, 15) is 4.79 Å². The minimum Gasteiger partial charge on any atom is -0.478 e. The van der Waals surface area contributed by atoms with Gasteiger partial charge in [-0.25, -0.2) is 4.79 Å². The van der Waals surface area contributed by atoms with Gasteiger partial charge in [0.1, 0.15) is 0 Å². The van der Waals surface area contributed by atoms with Gasteiger partial charge < -0.3 is 5.11 Å². The standard InChI is InChI=1S/C10H9O2/c1-8(10(11)12)7-9-5-3-2-4-6-9/h3-6H,1,7H2,(H,11,12). The van der Waals surface area contributed by atoms with Crippen molar-refractivity contribution in [1.82, 2.24) is 0 Å². The number of hydrogen-bond donors (Lipinski definition) is 1. The summed E-state index contributed by atoms with van der Waals surface area (Å²) in [5, 5.41) is 8.54. The molecule has 2 nitrogen and oxygen atoms in total. The Labute approximate surface area is 71.2 Å². The molecule has 0 spiro atoms. The van der Waals surface area contributed by atoms with Crippen LogP contribution in [0.25, 0.3) is 0 Å². The Kier molecular flexibility index (Phi) is 2.64. The Bertz CT molecular complexity index is 288. The van der Waals surface area contributed by atoms with Gasteiger partial charge in [-0.2, -0.15) is 0 Å². The third-order valence-corrected chi connectivity index (χ3v) is 1.51. The van der Waals surface area contributed by atoms with Crippen molar-refractivity contribution in [3.63, 3.8) is 0 Å². The van der Waals surface area contributed by atoms with E-state index < -0.39 is 5.97 Å². The molecule has 1 N–H and O–H groups in total. The van der Waals surface area contributed by atoms with E-state index in [2.05, 4.69) is 12.6 Å². The minimum absolute atomic E-state index is 0.209. The van der Waals surface area contributed by atoms with E-state index in [4.69, 9.17) is 5.11 Å². The summed E-state index contributed by atoms with van der Waals surface area (Å²) in [7, 11) is 0. The molecule has 0 saturated carbocycles. The summed E-state index contributed by atoms with van der Waals surface area (Å²) in [6.07, 6.45) is 0.393. The van der Waals surface area contributed by atoms with Crippen LogP contribution in [0.2, 0.25) is 0 Å². The maximum atomic E-state index is 10.4. The number of hydrogen-bond acceptors (Lipinski definition) is 1.